The molecule has 0 saturated carbocycles. The van der Waals surface area contributed by atoms with Crippen LogP contribution in [0.5, 0.6) is 0 Å². The smallest absolute Gasteiger partial charge is 0.0859 e. The molecule has 0 spiro atoms. The molecule has 0 aliphatic rings. The monoisotopic (exact) mass is 239 g/mol. The Hall–Kier alpha value is -0.860. The predicted octanol–water partition coefficient (Wildman–Crippen LogP) is 4.15. The van der Waals surface area contributed by atoms with Crippen LogP contribution in [0.15, 0.2) is 0 Å². The van der Waals surface area contributed by atoms with Crippen LogP contribution in [0.3, 0.4) is 0 Å². The molecule has 0 radical (unpaired) electrons. The van der Waals surface area contributed by atoms with E-state index in [-0.39, 0.29) is 0 Å². The Kier molecular flexibility index (Phi) is 9.78. The van der Waals surface area contributed by atoms with Crippen molar-refractivity contribution in [2.24, 2.45) is 5.92 Å². The quantitative estimate of drug-likeness (QED) is 0.726. The van der Waals surface area contributed by atoms with Gasteiger partial charge in [0.25, 0.3) is 0 Å². The van der Waals surface area contributed by atoms with Gasteiger partial charge < -0.3 is 0 Å². The van der Waals surface area contributed by atoms with Crippen LogP contribution in [0.4, 0.5) is 0 Å². The Morgan fingerprint density at radius 2 is 1.71 bits per heavy atom. The topological polar surface area (TPSA) is 41.6 Å². The molecule has 0 aliphatic heterocycles. The fraction of sp³-hybridized carbons (Fsp3) is 0.857. The van der Waals surface area contributed by atoms with Crippen molar-refractivity contribution in [2.75, 3.05) is 0 Å². The van der Waals surface area contributed by atoms with E-state index in [0.717, 1.165) is 12.8 Å². The first kappa shape index (κ1) is 16.1. The maximum Gasteiger partial charge on any atom is 0.0859 e. The summed E-state index contributed by atoms with van der Waals surface area (Å²) in [6, 6.07) is 0. The zero-order chi connectivity index (χ0) is 13.1. The van der Waals surface area contributed by atoms with Gasteiger partial charge in [-0.1, -0.05) is 53.9 Å². The van der Waals surface area contributed by atoms with Crippen molar-refractivity contribution in [3.05, 3.63) is 11.4 Å². The fourth-order valence-corrected chi connectivity index (χ4v) is 1.66. The first-order valence-electron chi connectivity index (χ1n) is 7.16. The van der Waals surface area contributed by atoms with E-state index in [4.69, 9.17) is 0 Å². The lowest BCUT2D eigenvalue weighted by Gasteiger charge is -2.06. The van der Waals surface area contributed by atoms with Crippen molar-refractivity contribution in [2.45, 2.75) is 73.1 Å². The summed E-state index contributed by atoms with van der Waals surface area (Å²) in [6.07, 6.45) is 7.14. The Labute approximate surface area is 106 Å². The van der Waals surface area contributed by atoms with Gasteiger partial charge in [-0.25, -0.2) is 0 Å². The SMILES string of the molecule is CC.CCCCCc1n[nH]nc1CC(C)CC. The average Bonchev–Trinajstić information content (AvgIpc) is 2.79. The predicted molar refractivity (Wildman–Crippen MR) is 74.1 cm³/mol. The number of rotatable bonds is 7. The molecule has 100 valence electrons. The Balaban J connectivity index is 0.00000121. The summed E-state index contributed by atoms with van der Waals surface area (Å²) in [7, 11) is 0. The van der Waals surface area contributed by atoms with Gasteiger partial charge in [-0.15, -0.1) is 0 Å². The zero-order valence-corrected chi connectivity index (χ0v) is 12.2. The number of nitrogens with zero attached hydrogens (tertiary/aromatic N) is 2. The van der Waals surface area contributed by atoms with Gasteiger partial charge in [0.15, 0.2) is 0 Å². The maximum absolute atomic E-state index is 4.25. The number of unbranched alkanes of at least 4 members (excludes halogenated alkanes) is 2. The second-order valence-electron chi connectivity index (χ2n) is 4.39. The molecule has 1 aromatic heterocycles. The molecule has 0 aliphatic carbocycles. The first-order chi connectivity index (χ1) is 8.27. The highest BCUT2D eigenvalue weighted by molar-refractivity contribution is 5.09. The molecule has 1 N–H and O–H groups in total. The highest BCUT2D eigenvalue weighted by Gasteiger charge is 2.10. The number of aryl methyl sites for hydroxylation is 1. The highest BCUT2D eigenvalue weighted by atomic mass is 15.3. The molecule has 1 heterocycles. The lowest BCUT2D eigenvalue weighted by atomic mass is 10.0. The third kappa shape index (κ3) is 6.44. The van der Waals surface area contributed by atoms with Crippen molar-refractivity contribution in [1.29, 1.82) is 0 Å². The molecule has 0 aromatic carbocycles. The van der Waals surface area contributed by atoms with Gasteiger partial charge in [0.1, 0.15) is 0 Å². The fourth-order valence-electron chi connectivity index (χ4n) is 1.66. The molecule has 1 aromatic rings. The van der Waals surface area contributed by atoms with E-state index in [0.29, 0.717) is 5.92 Å². The summed E-state index contributed by atoms with van der Waals surface area (Å²) >= 11 is 0. The third-order valence-corrected chi connectivity index (χ3v) is 2.96. The number of H-pyrrole nitrogens is 1. The molecule has 0 fully saturated rings. The van der Waals surface area contributed by atoms with Gasteiger partial charge in [-0.2, -0.15) is 15.4 Å². The van der Waals surface area contributed by atoms with Crippen LogP contribution >= 0.6 is 0 Å². The molecule has 1 unspecified atom stereocenters. The molecule has 17 heavy (non-hydrogen) atoms. The summed E-state index contributed by atoms with van der Waals surface area (Å²) in [5, 5.41) is 11.2. The van der Waals surface area contributed by atoms with Gasteiger partial charge in [-0.3, -0.25) is 0 Å². The van der Waals surface area contributed by atoms with Crippen molar-refractivity contribution in [3.63, 3.8) is 0 Å². The molecule has 1 rings (SSSR count). The lowest BCUT2D eigenvalue weighted by Crippen LogP contribution is -2.01. The van der Waals surface area contributed by atoms with E-state index in [2.05, 4.69) is 36.2 Å². The third-order valence-electron chi connectivity index (χ3n) is 2.96. The summed E-state index contributed by atoms with van der Waals surface area (Å²) in [5.74, 6) is 0.708. The van der Waals surface area contributed by atoms with Crippen LogP contribution < -0.4 is 0 Å². The van der Waals surface area contributed by atoms with E-state index < -0.39 is 0 Å². The minimum Gasteiger partial charge on any atom is -0.197 e. The first-order valence-corrected chi connectivity index (χ1v) is 7.16. The van der Waals surface area contributed by atoms with Crippen molar-refractivity contribution in [3.8, 4) is 0 Å². The summed E-state index contributed by atoms with van der Waals surface area (Å²) in [6.45, 7) is 10.7. The second kappa shape index (κ2) is 10.3. The Bertz CT molecular complexity index is 268. The molecule has 3 nitrogen and oxygen atoms in total. The molecule has 1 atom stereocenters. The van der Waals surface area contributed by atoms with Gasteiger partial charge in [0.2, 0.25) is 0 Å². The molecular weight excluding hydrogens is 210 g/mol. The van der Waals surface area contributed by atoms with E-state index in [1.807, 2.05) is 13.8 Å². The molecule has 0 saturated heterocycles. The number of hydrogen-bond donors (Lipinski definition) is 1. The number of aromatic amines is 1. The van der Waals surface area contributed by atoms with E-state index in [1.54, 1.807) is 0 Å². The van der Waals surface area contributed by atoms with Crippen molar-refractivity contribution >= 4 is 0 Å². The second-order valence-corrected chi connectivity index (χ2v) is 4.39. The van der Waals surface area contributed by atoms with Gasteiger partial charge >= 0.3 is 0 Å². The Morgan fingerprint density at radius 1 is 1.06 bits per heavy atom. The minimum atomic E-state index is 0.708. The normalized spacial score (nSPS) is 11.8. The van der Waals surface area contributed by atoms with Crippen molar-refractivity contribution < 1.29 is 0 Å². The lowest BCUT2D eigenvalue weighted by molar-refractivity contribution is 0.548. The largest absolute Gasteiger partial charge is 0.197 e. The summed E-state index contributed by atoms with van der Waals surface area (Å²) in [4.78, 5) is 0. The summed E-state index contributed by atoms with van der Waals surface area (Å²) < 4.78 is 0. The minimum absolute atomic E-state index is 0.708. The van der Waals surface area contributed by atoms with Gasteiger partial charge in [0, 0.05) is 0 Å². The van der Waals surface area contributed by atoms with E-state index in [9.17, 15) is 0 Å². The van der Waals surface area contributed by atoms with Crippen LogP contribution in [0, 0.1) is 5.92 Å². The maximum atomic E-state index is 4.25. The van der Waals surface area contributed by atoms with Crippen LogP contribution in [-0.2, 0) is 12.8 Å². The zero-order valence-electron chi connectivity index (χ0n) is 12.2. The van der Waals surface area contributed by atoms with E-state index in [1.165, 1.54) is 37.1 Å². The van der Waals surface area contributed by atoms with E-state index >= 15 is 0 Å². The number of nitrogens with one attached hydrogen (secondary N) is 1. The number of hydrogen-bond acceptors (Lipinski definition) is 2. The van der Waals surface area contributed by atoms with Gasteiger partial charge in [0.05, 0.1) is 11.4 Å². The molecular formula is C14H29N3. The van der Waals surface area contributed by atoms with Gasteiger partial charge in [-0.05, 0) is 25.2 Å². The number of aromatic nitrogens is 3. The van der Waals surface area contributed by atoms with Crippen LogP contribution in [0.1, 0.15) is 71.7 Å². The molecule has 3 heteroatoms. The standard InChI is InChI=1S/C12H23N3.C2H6/c1-4-6-7-8-11-12(14-15-13-11)9-10(3)5-2;1-2/h10H,4-9H2,1-3H3,(H,13,14,15);1-2H3. The Morgan fingerprint density at radius 3 is 2.29 bits per heavy atom. The molecule has 0 amide bonds. The highest BCUT2D eigenvalue weighted by Crippen LogP contribution is 2.13. The molecule has 0 bridgehead atoms. The average molecular weight is 239 g/mol. The summed E-state index contributed by atoms with van der Waals surface area (Å²) in [5.41, 5.74) is 2.37. The van der Waals surface area contributed by atoms with Crippen molar-refractivity contribution in [1.82, 2.24) is 15.4 Å². The van der Waals surface area contributed by atoms with Crippen LogP contribution in [0.25, 0.3) is 0 Å². The van der Waals surface area contributed by atoms with Crippen LogP contribution in [-0.4, -0.2) is 15.4 Å². The van der Waals surface area contributed by atoms with Crippen LogP contribution in [0.2, 0.25) is 0 Å².